The highest BCUT2D eigenvalue weighted by atomic mass is 35.5. The van der Waals surface area contributed by atoms with Gasteiger partial charge in [0.25, 0.3) is 5.91 Å². The van der Waals surface area contributed by atoms with Crippen LogP contribution in [0.5, 0.6) is 0 Å². The molecule has 190 valence electrons. The normalized spacial score (nSPS) is 13.1. The van der Waals surface area contributed by atoms with Crippen LogP contribution in [0.15, 0.2) is 55.0 Å². The molecule has 1 aliphatic carbocycles. The van der Waals surface area contributed by atoms with Crippen molar-refractivity contribution >= 4 is 34.3 Å². The second-order valence-electron chi connectivity index (χ2n) is 9.09. The Morgan fingerprint density at radius 3 is 2.73 bits per heavy atom. The third kappa shape index (κ3) is 5.79. The van der Waals surface area contributed by atoms with Crippen molar-refractivity contribution in [1.82, 2.24) is 25.2 Å². The number of aromatic nitrogens is 3. The molecular formula is C27H25ClFN5O3. The van der Waals surface area contributed by atoms with Crippen LogP contribution in [0.2, 0.25) is 5.02 Å². The Hall–Kier alpha value is -3.82. The van der Waals surface area contributed by atoms with Crippen molar-refractivity contribution in [3.05, 3.63) is 93.9 Å². The quantitative estimate of drug-likeness (QED) is 0.310. The van der Waals surface area contributed by atoms with Crippen LogP contribution >= 0.6 is 11.6 Å². The van der Waals surface area contributed by atoms with Crippen molar-refractivity contribution in [2.45, 2.75) is 38.4 Å². The van der Waals surface area contributed by atoms with E-state index in [4.69, 9.17) is 11.6 Å². The number of rotatable bonds is 9. The number of H-pyrrole nitrogens is 1. The maximum atomic E-state index is 14.4. The number of aliphatic hydroxyl groups excluding tert-OH is 1. The van der Waals surface area contributed by atoms with E-state index in [0.29, 0.717) is 45.7 Å². The third-order valence-electron chi connectivity index (χ3n) is 6.36. The first-order valence-corrected chi connectivity index (χ1v) is 12.3. The van der Waals surface area contributed by atoms with Crippen LogP contribution in [-0.4, -0.2) is 49.4 Å². The number of hydrogen-bond acceptors (Lipinski definition) is 5. The van der Waals surface area contributed by atoms with E-state index >= 15 is 0 Å². The lowest BCUT2D eigenvalue weighted by molar-refractivity contribution is -0.135. The standard InChI is InChI=1S/C27H25ClFN5O3/c28-23-13-32-25-10-24(29)18(9-22(23)25)12-33-27(37)17-5-6-30-20(8-17)7-16-1-2-19(31-11-16)14-34(21-3-4-21)26(36)15-35/h1-2,5-6,8-11,13,21,32,35H,3-4,7,12,14-15H2,(H,33,37). The van der Waals surface area contributed by atoms with E-state index in [0.717, 1.165) is 24.1 Å². The van der Waals surface area contributed by atoms with Gasteiger partial charge < -0.3 is 20.3 Å². The van der Waals surface area contributed by atoms with E-state index in [1.807, 2.05) is 12.1 Å². The van der Waals surface area contributed by atoms with Gasteiger partial charge in [-0.3, -0.25) is 19.6 Å². The molecule has 0 radical (unpaired) electrons. The number of amides is 2. The summed E-state index contributed by atoms with van der Waals surface area (Å²) in [5.41, 5.74) is 3.67. The number of benzene rings is 1. The van der Waals surface area contributed by atoms with Crippen molar-refractivity contribution in [3.63, 3.8) is 0 Å². The van der Waals surface area contributed by atoms with Crippen LogP contribution < -0.4 is 5.32 Å². The van der Waals surface area contributed by atoms with Crippen LogP contribution in [0.3, 0.4) is 0 Å². The Balaban J connectivity index is 1.21. The lowest BCUT2D eigenvalue weighted by Crippen LogP contribution is -2.34. The van der Waals surface area contributed by atoms with Gasteiger partial charge in [-0.25, -0.2) is 4.39 Å². The number of hydrogen-bond donors (Lipinski definition) is 3. The summed E-state index contributed by atoms with van der Waals surface area (Å²) in [5.74, 6) is -1.06. The Kier molecular flexibility index (Phi) is 7.16. The van der Waals surface area contributed by atoms with Gasteiger partial charge >= 0.3 is 0 Å². The van der Waals surface area contributed by atoms with E-state index < -0.39 is 12.4 Å². The molecule has 37 heavy (non-hydrogen) atoms. The highest BCUT2D eigenvalue weighted by Crippen LogP contribution is 2.28. The van der Waals surface area contributed by atoms with Gasteiger partial charge in [0, 0.05) is 65.3 Å². The summed E-state index contributed by atoms with van der Waals surface area (Å²) in [7, 11) is 0. The molecule has 10 heteroatoms. The number of halogens is 2. The second kappa shape index (κ2) is 10.7. The number of pyridine rings is 2. The molecule has 3 heterocycles. The third-order valence-corrected chi connectivity index (χ3v) is 6.68. The molecule has 0 spiro atoms. The molecule has 0 bridgehead atoms. The minimum absolute atomic E-state index is 0.0157. The molecule has 3 N–H and O–H groups in total. The largest absolute Gasteiger partial charge is 0.387 e. The molecule has 1 aromatic carbocycles. The fourth-order valence-electron chi connectivity index (χ4n) is 4.22. The van der Waals surface area contributed by atoms with E-state index in [1.54, 1.807) is 41.7 Å². The molecule has 1 aliphatic rings. The van der Waals surface area contributed by atoms with E-state index in [1.165, 1.54) is 6.07 Å². The predicted molar refractivity (Wildman–Crippen MR) is 136 cm³/mol. The Labute approximate surface area is 217 Å². The Bertz CT molecular complexity index is 1450. The molecule has 5 rings (SSSR count). The van der Waals surface area contributed by atoms with Gasteiger partial charge in [0.1, 0.15) is 12.4 Å². The number of aliphatic hydroxyl groups is 1. The van der Waals surface area contributed by atoms with Crippen molar-refractivity contribution in [2.24, 2.45) is 0 Å². The fourth-order valence-corrected chi connectivity index (χ4v) is 4.43. The SMILES string of the molecule is O=C(NCc1cc2c(Cl)c[nH]c2cc1F)c1ccnc(Cc2ccc(CN(C(=O)CO)C3CC3)nc2)c1. The van der Waals surface area contributed by atoms with Gasteiger partial charge in [0.15, 0.2) is 0 Å². The second-order valence-corrected chi connectivity index (χ2v) is 9.50. The van der Waals surface area contributed by atoms with E-state index in [-0.39, 0.29) is 24.4 Å². The van der Waals surface area contributed by atoms with Gasteiger partial charge in [-0.15, -0.1) is 0 Å². The molecule has 2 amide bonds. The number of aromatic amines is 1. The zero-order chi connectivity index (χ0) is 25.9. The van der Waals surface area contributed by atoms with E-state index in [2.05, 4.69) is 20.3 Å². The summed E-state index contributed by atoms with van der Waals surface area (Å²) in [6.45, 7) is -0.126. The molecule has 0 unspecified atom stereocenters. The first-order chi connectivity index (χ1) is 17.9. The summed E-state index contributed by atoms with van der Waals surface area (Å²) in [5, 5.41) is 13.1. The van der Waals surface area contributed by atoms with E-state index in [9.17, 15) is 19.1 Å². The molecule has 8 nitrogen and oxygen atoms in total. The average Bonchev–Trinajstić information content (AvgIpc) is 3.69. The molecule has 3 aromatic heterocycles. The monoisotopic (exact) mass is 521 g/mol. The highest BCUT2D eigenvalue weighted by molar-refractivity contribution is 6.35. The minimum atomic E-state index is -0.504. The number of nitrogens with one attached hydrogen (secondary N) is 2. The van der Waals surface area contributed by atoms with Gasteiger partial charge in [-0.05, 0) is 48.7 Å². The number of carbonyl (C=O) groups is 2. The topological polar surface area (TPSA) is 111 Å². The molecule has 0 saturated heterocycles. The van der Waals surface area contributed by atoms with Crippen molar-refractivity contribution in [3.8, 4) is 0 Å². The predicted octanol–water partition coefficient (Wildman–Crippen LogP) is 3.75. The first-order valence-electron chi connectivity index (χ1n) is 11.9. The van der Waals surface area contributed by atoms with Crippen LogP contribution in [0.4, 0.5) is 4.39 Å². The lowest BCUT2D eigenvalue weighted by Gasteiger charge is -2.21. The average molecular weight is 522 g/mol. The van der Waals surface area contributed by atoms with Gasteiger partial charge in [-0.2, -0.15) is 0 Å². The maximum absolute atomic E-state index is 14.4. The maximum Gasteiger partial charge on any atom is 0.251 e. The zero-order valence-corrected chi connectivity index (χ0v) is 20.6. The molecule has 0 aliphatic heterocycles. The zero-order valence-electron chi connectivity index (χ0n) is 19.9. The summed E-state index contributed by atoms with van der Waals surface area (Å²) in [6.07, 6.45) is 7.25. The fraction of sp³-hybridized carbons (Fsp3) is 0.259. The summed E-state index contributed by atoms with van der Waals surface area (Å²) in [4.78, 5) is 38.1. The molecule has 4 aromatic rings. The Morgan fingerprint density at radius 2 is 2.00 bits per heavy atom. The molecular weight excluding hydrogens is 497 g/mol. The van der Waals surface area contributed by atoms with Gasteiger partial charge in [0.2, 0.25) is 5.91 Å². The molecule has 1 saturated carbocycles. The first kappa shape index (κ1) is 24.9. The van der Waals surface area contributed by atoms with Crippen LogP contribution in [-0.2, 0) is 24.3 Å². The van der Waals surface area contributed by atoms with Crippen molar-refractivity contribution in [1.29, 1.82) is 0 Å². The number of nitrogens with zero attached hydrogens (tertiary/aromatic N) is 3. The van der Waals surface area contributed by atoms with Gasteiger partial charge in [0.05, 0.1) is 17.3 Å². The number of fused-ring (bicyclic) bond motifs is 1. The molecule has 0 atom stereocenters. The van der Waals surface area contributed by atoms with Crippen molar-refractivity contribution < 1.29 is 19.1 Å². The van der Waals surface area contributed by atoms with Crippen molar-refractivity contribution in [2.75, 3.05) is 6.61 Å². The molecule has 1 fully saturated rings. The van der Waals surface area contributed by atoms with Gasteiger partial charge in [-0.1, -0.05) is 17.7 Å². The van der Waals surface area contributed by atoms with Crippen LogP contribution in [0.1, 0.15) is 45.7 Å². The summed E-state index contributed by atoms with van der Waals surface area (Å²) < 4.78 is 14.4. The summed E-state index contributed by atoms with van der Waals surface area (Å²) in [6, 6.07) is 10.2. The number of carbonyl (C=O) groups excluding carboxylic acids is 2. The highest BCUT2D eigenvalue weighted by Gasteiger charge is 2.32. The Morgan fingerprint density at radius 1 is 1.16 bits per heavy atom. The summed E-state index contributed by atoms with van der Waals surface area (Å²) >= 11 is 6.13. The van der Waals surface area contributed by atoms with Crippen LogP contribution in [0.25, 0.3) is 10.9 Å². The lowest BCUT2D eigenvalue weighted by atomic mass is 10.1. The minimum Gasteiger partial charge on any atom is -0.387 e. The van der Waals surface area contributed by atoms with Crippen LogP contribution in [0, 0.1) is 5.82 Å². The smallest absolute Gasteiger partial charge is 0.251 e.